The van der Waals surface area contributed by atoms with Crippen molar-refractivity contribution in [1.82, 2.24) is 0 Å². The fourth-order valence-corrected chi connectivity index (χ4v) is 3.92. The molecule has 1 N–H and O–H groups in total. The second kappa shape index (κ2) is 4.37. The number of rotatable bonds is 2. The van der Waals surface area contributed by atoms with Crippen molar-refractivity contribution >= 4 is 17.3 Å². The molecule has 1 amide bonds. The van der Waals surface area contributed by atoms with Crippen molar-refractivity contribution in [3.8, 4) is 0 Å². The molecule has 1 fully saturated rings. The summed E-state index contributed by atoms with van der Waals surface area (Å²) in [6, 6.07) is 7.03. The van der Waals surface area contributed by atoms with Gasteiger partial charge in [0, 0.05) is 36.8 Å². The summed E-state index contributed by atoms with van der Waals surface area (Å²) >= 11 is 0. The van der Waals surface area contributed by atoms with E-state index in [1.807, 2.05) is 4.90 Å². The maximum absolute atomic E-state index is 11.6. The molecule has 1 saturated carbocycles. The van der Waals surface area contributed by atoms with Crippen LogP contribution in [0.5, 0.6) is 0 Å². The minimum Gasteiger partial charge on any atom is -0.382 e. The lowest BCUT2D eigenvalue weighted by molar-refractivity contribution is -0.116. The van der Waals surface area contributed by atoms with Crippen molar-refractivity contribution in [3.63, 3.8) is 0 Å². The molecule has 1 heterocycles. The second-order valence-corrected chi connectivity index (χ2v) is 6.25. The minimum absolute atomic E-state index is 0.141. The number of nitrogens with one attached hydrogen (secondary N) is 1. The van der Waals surface area contributed by atoms with Crippen LogP contribution in [0, 0.1) is 11.8 Å². The van der Waals surface area contributed by atoms with E-state index in [9.17, 15) is 4.79 Å². The topological polar surface area (TPSA) is 32.3 Å². The van der Waals surface area contributed by atoms with E-state index in [0.717, 1.165) is 30.5 Å². The van der Waals surface area contributed by atoms with Gasteiger partial charge in [-0.2, -0.15) is 0 Å². The van der Waals surface area contributed by atoms with Gasteiger partial charge in [0.25, 0.3) is 0 Å². The van der Waals surface area contributed by atoms with Gasteiger partial charge in [-0.15, -0.1) is 0 Å². The molecule has 3 heteroatoms. The quantitative estimate of drug-likeness (QED) is 0.836. The standard InChI is InChI=1S/C17H20N2O/c1-11(20)19-8-7-13-9-14(5-6-17(13)19)18-16-10-12-3-2-4-15(12)16/h2,4-6,9,12,15-16,18H,3,7-8,10H2,1H3. The molecule has 3 aliphatic rings. The van der Waals surface area contributed by atoms with Crippen LogP contribution in [0.25, 0.3) is 0 Å². The van der Waals surface area contributed by atoms with Crippen molar-refractivity contribution in [2.24, 2.45) is 11.8 Å². The van der Waals surface area contributed by atoms with E-state index in [-0.39, 0.29) is 5.91 Å². The zero-order valence-electron chi connectivity index (χ0n) is 11.8. The van der Waals surface area contributed by atoms with Gasteiger partial charge in [-0.1, -0.05) is 12.2 Å². The second-order valence-electron chi connectivity index (χ2n) is 6.25. The predicted octanol–water partition coefficient (Wildman–Crippen LogP) is 2.97. The number of carbonyl (C=O) groups is 1. The Labute approximate surface area is 119 Å². The van der Waals surface area contributed by atoms with Gasteiger partial charge in [0.2, 0.25) is 5.91 Å². The molecule has 4 rings (SSSR count). The van der Waals surface area contributed by atoms with Gasteiger partial charge < -0.3 is 10.2 Å². The van der Waals surface area contributed by atoms with Gasteiger partial charge in [0.05, 0.1) is 0 Å². The van der Waals surface area contributed by atoms with Crippen molar-refractivity contribution in [2.75, 3.05) is 16.8 Å². The van der Waals surface area contributed by atoms with Gasteiger partial charge in [-0.05, 0) is 48.9 Å². The van der Waals surface area contributed by atoms with Crippen molar-refractivity contribution in [1.29, 1.82) is 0 Å². The lowest BCUT2D eigenvalue weighted by atomic mass is 9.71. The van der Waals surface area contributed by atoms with Crippen molar-refractivity contribution < 1.29 is 4.79 Å². The molecule has 0 spiro atoms. The lowest BCUT2D eigenvalue weighted by Gasteiger charge is -2.41. The fourth-order valence-electron chi connectivity index (χ4n) is 3.92. The van der Waals surface area contributed by atoms with Crippen LogP contribution in [0.4, 0.5) is 11.4 Å². The van der Waals surface area contributed by atoms with Crippen LogP contribution < -0.4 is 10.2 Å². The Morgan fingerprint density at radius 3 is 3.10 bits per heavy atom. The number of amides is 1. The molecule has 2 aliphatic carbocycles. The molecule has 0 aromatic heterocycles. The molecule has 0 saturated heterocycles. The summed E-state index contributed by atoms with van der Waals surface area (Å²) in [6.45, 7) is 2.47. The normalized spacial score (nSPS) is 29.9. The summed E-state index contributed by atoms with van der Waals surface area (Å²) in [4.78, 5) is 13.4. The zero-order valence-corrected chi connectivity index (χ0v) is 11.8. The van der Waals surface area contributed by atoms with Crippen LogP contribution in [0.15, 0.2) is 30.4 Å². The Kier molecular flexibility index (Phi) is 2.62. The number of benzene rings is 1. The maximum atomic E-state index is 11.6. The fraction of sp³-hybridized carbons (Fsp3) is 0.471. The van der Waals surface area contributed by atoms with Gasteiger partial charge >= 0.3 is 0 Å². The molecule has 20 heavy (non-hydrogen) atoms. The van der Waals surface area contributed by atoms with E-state index in [2.05, 4.69) is 35.7 Å². The predicted molar refractivity (Wildman–Crippen MR) is 80.9 cm³/mol. The largest absolute Gasteiger partial charge is 0.382 e. The lowest BCUT2D eigenvalue weighted by Crippen LogP contribution is -2.43. The number of hydrogen-bond acceptors (Lipinski definition) is 2. The number of fused-ring (bicyclic) bond motifs is 2. The Balaban J connectivity index is 1.51. The average Bonchev–Trinajstić information content (AvgIpc) is 2.99. The number of hydrogen-bond donors (Lipinski definition) is 1. The first-order chi connectivity index (χ1) is 9.72. The minimum atomic E-state index is 0.141. The van der Waals surface area contributed by atoms with E-state index in [4.69, 9.17) is 0 Å². The first-order valence-electron chi connectivity index (χ1n) is 7.56. The Bertz CT molecular complexity index is 593. The van der Waals surface area contributed by atoms with Crippen LogP contribution in [0.1, 0.15) is 25.3 Å². The van der Waals surface area contributed by atoms with Crippen LogP contribution >= 0.6 is 0 Å². The molecule has 0 radical (unpaired) electrons. The molecule has 1 aromatic rings. The van der Waals surface area contributed by atoms with E-state index < -0.39 is 0 Å². The first kappa shape index (κ1) is 12.0. The molecule has 3 unspecified atom stereocenters. The Morgan fingerprint density at radius 2 is 2.30 bits per heavy atom. The number of allylic oxidation sites excluding steroid dienone is 1. The van der Waals surface area contributed by atoms with Gasteiger partial charge in [0.1, 0.15) is 0 Å². The zero-order chi connectivity index (χ0) is 13.7. The smallest absolute Gasteiger partial charge is 0.223 e. The third-order valence-electron chi connectivity index (χ3n) is 5.07. The summed E-state index contributed by atoms with van der Waals surface area (Å²) in [5.41, 5.74) is 3.59. The maximum Gasteiger partial charge on any atom is 0.223 e. The molecule has 1 aromatic carbocycles. The third-order valence-corrected chi connectivity index (χ3v) is 5.07. The SMILES string of the molecule is CC(=O)N1CCc2cc(NC3CC4CC=CC43)ccc21. The van der Waals surface area contributed by atoms with Gasteiger partial charge in [-0.3, -0.25) is 4.79 Å². The summed E-state index contributed by atoms with van der Waals surface area (Å²) in [7, 11) is 0. The Morgan fingerprint density at radius 1 is 1.40 bits per heavy atom. The first-order valence-corrected chi connectivity index (χ1v) is 7.56. The molecule has 3 nitrogen and oxygen atoms in total. The van der Waals surface area contributed by atoms with Crippen molar-refractivity contribution in [3.05, 3.63) is 35.9 Å². The van der Waals surface area contributed by atoms with Crippen molar-refractivity contribution in [2.45, 2.75) is 32.2 Å². The molecule has 104 valence electrons. The monoisotopic (exact) mass is 268 g/mol. The van der Waals surface area contributed by atoms with E-state index >= 15 is 0 Å². The highest BCUT2D eigenvalue weighted by molar-refractivity contribution is 5.94. The number of anilines is 2. The number of carbonyl (C=O) groups excluding carboxylic acids is 1. The Hall–Kier alpha value is -1.77. The van der Waals surface area contributed by atoms with E-state index in [1.54, 1.807) is 6.92 Å². The average molecular weight is 268 g/mol. The van der Waals surface area contributed by atoms with Crippen LogP contribution in [0.3, 0.4) is 0 Å². The van der Waals surface area contributed by atoms with E-state index in [0.29, 0.717) is 6.04 Å². The summed E-state index contributed by atoms with van der Waals surface area (Å²) in [6.07, 6.45) is 8.22. The molecular formula is C17H20N2O. The highest BCUT2D eigenvalue weighted by atomic mass is 16.2. The molecule has 1 aliphatic heterocycles. The number of nitrogens with zero attached hydrogens (tertiary/aromatic N) is 1. The molecule has 3 atom stereocenters. The summed E-state index contributed by atoms with van der Waals surface area (Å²) in [5.74, 6) is 1.76. The highest BCUT2D eigenvalue weighted by Gasteiger charge is 2.40. The molecule has 0 bridgehead atoms. The summed E-state index contributed by atoms with van der Waals surface area (Å²) in [5, 5.41) is 3.67. The van der Waals surface area contributed by atoms with Crippen LogP contribution in [-0.2, 0) is 11.2 Å². The van der Waals surface area contributed by atoms with Crippen LogP contribution in [-0.4, -0.2) is 18.5 Å². The van der Waals surface area contributed by atoms with Gasteiger partial charge in [0.15, 0.2) is 0 Å². The third kappa shape index (κ3) is 1.76. The summed E-state index contributed by atoms with van der Waals surface area (Å²) < 4.78 is 0. The van der Waals surface area contributed by atoms with Crippen LogP contribution in [0.2, 0.25) is 0 Å². The molecular weight excluding hydrogens is 248 g/mol. The highest BCUT2D eigenvalue weighted by Crippen LogP contribution is 2.44. The van der Waals surface area contributed by atoms with E-state index in [1.165, 1.54) is 24.1 Å². The van der Waals surface area contributed by atoms with Gasteiger partial charge in [-0.25, -0.2) is 0 Å².